The first-order valence-electron chi connectivity index (χ1n) is 1.79. The van der Waals surface area contributed by atoms with E-state index in [9.17, 15) is 0 Å². The second kappa shape index (κ2) is 889. The first-order valence-corrected chi connectivity index (χ1v) is 1.79. The minimum absolute atomic E-state index is 0. The van der Waals surface area contributed by atoms with Gasteiger partial charge in [-0.3, -0.25) is 0 Å². The molecule has 0 saturated carbocycles. The molecule has 0 rings (SSSR count). The fourth-order valence-electron chi connectivity index (χ4n) is 0. The molecule has 0 aliphatic rings. The maximum Gasteiger partial charge on any atom is 2.00 e. The minimum Gasteiger partial charge on any atom is -1.00 e. The third kappa shape index (κ3) is 722. The normalized spacial score (nSPS) is 2.18. The van der Waals surface area contributed by atoms with E-state index in [0.717, 1.165) is 28.4 Å². The Morgan fingerprint density at radius 2 is 0.455 bits per heavy atom. The largest absolute Gasteiger partial charge is 2.00 e. The molecule has 0 fully saturated rings. The molecule has 74 valence electrons. The third-order valence-corrected chi connectivity index (χ3v) is 0. The molecule has 0 bridgehead atoms. The molecule has 0 amide bonds. The van der Waals surface area contributed by atoms with E-state index in [-0.39, 0.29) is 46.5 Å². The van der Waals surface area contributed by atoms with Crippen molar-refractivity contribution in [3.63, 3.8) is 0 Å². The first-order chi connectivity index (χ1) is 4.00. The van der Waals surface area contributed by atoms with Crippen LogP contribution in [-0.2, 0) is 21.7 Å². The molecule has 11 heavy (non-hydrogen) atoms. The summed E-state index contributed by atoms with van der Waals surface area (Å²) in [5, 5.41) is 28.0. The predicted octanol–water partition coefficient (Wildman–Crippen LogP) is -7.56. The Bertz CT molecular complexity index is 20.1. The summed E-state index contributed by atoms with van der Waals surface area (Å²) < 4.78 is 0. The molecule has 0 aromatic rings. The second-order valence-corrected chi connectivity index (χ2v) is 0. The molecule has 0 aromatic carbocycles. The summed E-state index contributed by atoms with van der Waals surface area (Å²) in [7, 11) is 4.00. The zero-order valence-electron chi connectivity index (χ0n) is 7.04. The van der Waals surface area contributed by atoms with Gasteiger partial charge in [0.2, 0.25) is 0 Å². The van der Waals surface area contributed by atoms with Crippen LogP contribution in [0.1, 0.15) is 0 Å². The number of aliphatic hydroxyl groups is 4. The maximum atomic E-state index is 7.00. The standard InChI is InChI=1S/4CH4O.2ClH.Ti/c4*1-2;;;/h4*2H,1H3;2*1H;/q;;;;;;+2/p-2. The van der Waals surface area contributed by atoms with Gasteiger partial charge in [-0.25, -0.2) is 0 Å². The summed E-state index contributed by atoms with van der Waals surface area (Å²) >= 11 is 0. The van der Waals surface area contributed by atoms with Gasteiger partial charge < -0.3 is 45.2 Å². The summed E-state index contributed by atoms with van der Waals surface area (Å²) in [5.41, 5.74) is 0. The topological polar surface area (TPSA) is 80.9 Å². The molecule has 0 atom stereocenters. The summed E-state index contributed by atoms with van der Waals surface area (Å²) in [6.07, 6.45) is 0. The van der Waals surface area contributed by atoms with Gasteiger partial charge in [0.25, 0.3) is 0 Å². The van der Waals surface area contributed by atoms with E-state index in [4.69, 9.17) is 20.4 Å². The SMILES string of the molecule is CO.CO.CO.CO.[Cl-].[Cl-].[Ti+2]. The van der Waals surface area contributed by atoms with Gasteiger partial charge in [0.05, 0.1) is 0 Å². The van der Waals surface area contributed by atoms with Crippen molar-refractivity contribution < 1.29 is 67.0 Å². The summed E-state index contributed by atoms with van der Waals surface area (Å²) in [4.78, 5) is 0. The Balaban J connectivity index is -0.00000000356. The van der Waals surface area contributed by atoms with Gasteiger partial charge in [-0.1, -0.05) is 0 Å². The fourth-order valence-corrected chi connectivity index (χ4v) is 0. The molecule has 0 heterocycles. The minimum atomic E-state index is 0. The number of hydrogen-bond donors (Lipinski definition) is 4. The Morgan fingerprint density at radius 1 is 0.455 bits per heavy atom. The molecule has 0 aliphatic heterocycles. The third-order valence-electron chi connectivity index (χ3n) is 0. The van der Waals surface area contributed by atoms with Crippen molar-refractivity contribution in [1.82, 2.24) is 0 Å². The molecule has 0 aromatic heterocycles. The van der Waals surface area contributed by atoms with Crippen molar-refractivity contribution in [2.75, 3.05) is 28.4 Å². The van der Waals surface area contributed by atoms with Gasteiger partial charge in [-0.15, -0.1) is 0 Å². The van der Waals surface area contributed by atoms with Crippen LogP contribution in [0.4, 0.5) is 0 Å². The monoisotopic (exact) mass is 246 g/mol. The van der Waals surface area contributed by atoms with E-state index in [0.29, 0.717) is 0 Å². The van der Waals surface area contributed by atoms with E-state index in [1.165, 1.54) is 0 Å². The van der Waals surface area contributed by atoms with E-state index < -0.39 is 0 Å². The van der Waals surface area contributed by atoms with Crippen LogP contribution in [0.15, 0.2) is 0 Å². The predicted molar refractivity (Wildman–Crippen MR) is 32.6 cm³/mol. The van der Waals surface area contributed by atoms with E-state index >= 15 is 0 Å². The molecule has 0 radical (unpaired) electrons. The number of hydrogen-bond acceptors (Lipinski definition) is 4. The van der Waals surface area contributed by atoms with Gasteiger partial charge in [0.15, 0.2) is 0 Å². The van der Waals surface area contributed by atoms with Crippen molar-refractivity contribution in [3.8, 4) is 0 Å². The quantitative estimate of drug-likeness (QED) is 0.320. The van der Waals surface area contributed by atoms with Crippen molar-refractivity contribution in [3.05, 3.63) is 0 Å². The van der Waals surface area contributed by atoms with Crippen LogP contribution in [0.5, 0.6) is 0 Å². The number of aliphatic hydroxyl groups excluding tert-OH is 4. The van der Waals surface area contributed by atoms with Crippen LogP contribution in [-0.4, -0.2) is 48.9 Å². The zero-order chi connectivity index (χ0) is 8.00. The van der Waals surface area contributed by atoms with Gasteiger partial charge in [0.1, 0.15) is 0 Å². The van der Waals surface area contributed by atoms with E-state index in [2.05, 4.69) is 0 Å². The molecule has 4 N–H and O–H groups in total. The average Bonchev–Trinajstić information content (AvgIpc) is 2.03. The van der Waals surface area contributed by atoms with Crippen LogP contribution in [0.3, 0.4) is 0 Å². The number of rotatable bonds is 0. The Labute approximate surface area is 95.3 Å². The Kier molecular flexibility index (Phi) is 4610. The van der Waals surface area contributed by atoms with Crippen LogP contribution in [0.2, 0.25) is 0 Å². The molecule has 0 saturated heterocycles. The van der Waals surface area contributed by atoms with Crippen LogP contribution >= 0.6 is 0 Å². The fraction of sp³-hybridized carbons (Fsp3) is 1.00. The molecule has 4 nitrogen and oxygen atoms in total. The Morgan fingerprint density at radius 3 is 0.455 bits per heavy atom. The van der Waals surface area contributed by atoms with Crippen LogP contribution < -0.4 is 24.8 Å². The number of halogens is 2. The molecular weight excluding hydrogens is 231 g/mol. The van der Waals surface area contributed by atoms with Crippen molar-refractivity contribution in [1.29, 1.82) is 0 Å². The van der Waals surface area contributed by atoms with Gasteiger partial charge in [-0.05, 0) is 0 Å². The summed E-state index contributed by atoms with van der Waals surface area (Å²) in [6.45, 7) is 0. The van der Waals surface area contributed by atoms with E-state index in [1.54, 1.807) is 0 Å². The summed E-state index contributed by atoms with van der Waals surface area (Å²) in [5.74, 6) is 0. The van der Waals surface area contributed by atoms with Gasteiger partial charge >= 0.3 is 21.7 Å². The molecular formula is C4H16Cl2O4Ti. The smallest absolute Gasteiger partial charge is 1.00 e. The van der Waals surface area contributed by atoms with Crippen molar-refractivity contribution in [2.45, 2.75) is 0 Å². The maximum absolute atomic E-state index is 7.00. The average molecular weight is 247 g/mol. The first kappa shape index (κ1) is 57.1. The van der Waals surface area contributed by atoms with Gasteiger partial charge in [-0.2, -0.15) is 0 Å². The second-order valence-electron chi connectivity index (χ2n) is 0. The molecule has 7 heteroatoms. The molecule has 0 spiro atoms. The van der Waals surface area contributed by atoms with Gasteiger partial charge in [0, 0.05) is 28.4 Å². The van der Waals surface area contributed by atoms with Crippen LogP contribution in [0, 0.1) is 0 Å². The molecule has 0 unspecified atom stereocenters. The van der Waals surface area contributed by atoms with Crippen LogP contribution in [0.25, 0.3) is 0 Å². The summed E-state index contributed by atoms with van der Waals surface area (Å²) in [6, 6.07) is 0. The van der Waals surface area contributed by atoms with Crippen molar-refractivity contribution >= 4 is 0 Å². The Hall–Kier alpha value is 1.13. The van der Waals surface area contributed by atoms with E-state index in [1.807, 2.05) is 0 Å². The van der Waals surface area contributed by atoms with Crippen molar-refractivity contribution in [2.24, 2.45) is 0 Å². The molecule has 0 aliphatic carbocycles. The zero-order valence-corrected chi connectivity index (χ0v) is 10.1.